The Kier molecular flexibility index (Phi) is 7.50. The molecule has 1 aliphatic heterocycles. The Balaban J connectivity index is 1.57. The first kappa shape index (κ1) is 26.2. The van der Waals surface area contributed by atoms with Crippen LogP contribution >= 0.6 is 0 Å². The number of aliphatic imine (C=N–C) groups is 1. The van der Waals surface area contributed by atoms with Crippen molar-refractivity contribution in [3.05, 3.63) is 67.0 Å². The van der Waals surface area contributed by atoms with E-state index in [1.54, 1.807) is 28.8 Å². The molecular weight excluding hydrogens is 502 g/mol. The zero-order valence-corrected chi connectivity index (χ0v) is 21.7. The highest BCUT2D eigenvalue weighted by Gasteiger charge is 2.36. The molecule has 1 aliphatic rings. The molecule has 1 amide bonds. The highest BCUT2D eigenvalue weighted by Crippen LogP contribution is 2.34. The van der Waals surface area contributed by atoms with Crippen LogP contribution in [0.15, 0.2) is 72.0 Å². The van der Waals surface area contributed by atoms with Crippen molar-refractivity contribution in [1.82, 2.24) is 24.4 Å². The summed E-state index contributed by atoms with van der Waals surface area (Å²) < 4.78 is 13.2. The van der Waals surface area contributed by atoms with Gasteiger partial charge in [0.1, 0.15) is 18.2 Å². The molecule has 0 unspecified atom stereocenters. The number of aliphatic hydroxyl groups is 2. The van der Waals surface area contributed by atoms with E-state index in [0.717, 1.165) is 0 Å². The van der Waals surface area contributed by atoms with E-state index < -0.39 is 24.5 Å². The monoisotopic (exact) mass is 531 g/mol. The standard InChI is InChI=1S/C27H29N7O5/c1-17(32(2)3)29-24-23-25(33(16-28-23)22-14-20(36)21(15-35)38-22)31-26(30-24)39-27(37)34(18-10-6-4-7-11-18)19-12-8-5-9-13-19/h4-13,16,20-22,35-36H,14-15H2,1-3H3/b29-17+/t20-,21+,22+/m0/s1. The fraction of sp³-hybridized carbons (Fsp3) is 0.296. The lowest BCUT2D eigenvalue weighted by atomic mass is 10.2. The van der Waals surface area contributed by atoms with Crippen LogP contribution in [-0.4, -0.2) is 79.5 Å². The molecule has 2 N–H and O–H groups in total. The number of ether oxygens (including phenoxy) is 2. The van der Waals surface area contributed by atoms with E-state index in [1.165, 1.54) is 11.2 Å². The minimum Gasteiger partial charge on any atom is -0.394 e. The van der Waals surface area contributed by atoms with Gasteiger partial charge in [0.15, 0.2) is 17.0 Å². The molecule has 5 rings (SSSR count). The fourth-order valence-electron chi connectivity index (χ4n) is 4.16. The predicted molar refractivity (Wildman–Crippen MR) is 144 cm³/mol. The first-order chi connectivity index (χ1) is 18.9. The number of rotatable bonds is 6. The second-order valence-electron chi connectivity index (χ2n) is 9.20. The maximum absolute atomic E-state index is 13.6. The number of hydrogen-bond acceptors (Lipinski definition) is 9. The average molecular weight is 532 g/mol. The number of aliphatic hydroxyl groups excluding tert-OH is 2. The van der Waals surface area contributed by atoms with Crippen molar-refractivity contribution in [1.29, 1.82) is 0 Å². The molecule has 1 fully saturated rings. The highest BCUT2D eigenvalue weighted by atomic mass is 16.6. The Bertz CT molecular complexity index is 1440. The van der Waals surface area contributed by atoms with Crippen molar-refractivity contribution in [2.24, 2.45) is 4.99 Å². The van der Waals surface area contributed by atoms with Crippen LogP contribution in [-0.2, 0) is 4.74 Å². The zero-order chi connectivity index (χ0) is 27.5. The van der Waals surface area contributed by atoms with Gasteiger partial charge in [0, 0.05) is 20.5 Å². The van der Waals surface area contributed by atoms with Gasteiger partial charge in [0.2, 0.25) is 0 Å². The SMILES string of the molecule is C/C(=N\c1nc(OC(=O)N(c2ccccc2)c2ccccc2)nc2c1ncn2[C@H]1C[C@H](O)[C@@H](CO)O1)N(C)C. The van der Waals surface area contributed by atoms with Gasteiger partial charge in [-0.15, -0.1) is 0 Å². The van der Waals surface area contributed by atoms with Crippen molar-refractivity contribution in [3.63, 3.8) is 0 Å². The topological polar surface area (TPSA) is 138 Å². The fourth-order valence-corrected chi connectivity index (χ4v) is 4.16. The minimum atomic E-state index is -0.852. The minimum absolute atomic E-state index is 0.205. The lowest BCUT2D eigenvalue weighted by Crippen LogP contribution is -2.29. The summed E-state index contributed by atoms with van der Waals surface area (Å²) in [5, 5.41) is 19.8. The lowest BCUT2D eigenvalue weighted by Gasteiger charge is -2.21. The number of amides is 1. The molecule has 202 valence electrons. The van der Waals surface area contributed by atoms with E-state index in [9.17, 15) is 15.0 Å². The third-order valence-corrected chi connectivity index (χ3v) is 6.38. The highest BCUT2D eigenvalue weighted by molar-refractivity contribution is 5.97. The number of nitrogens with zero attached hydrogens (tertiary/aromatic N) is 7. The summed E-state index contributed by atoms with van der Waals surface area (Å²) in [4.78, 5) is 34.7. The lowest BCUT2D eigenvalue weighted by molar-refractivity contribution is -0.0432. The van der Waals surface area contributed by atoms with E-state index in [0.29, 0.717) is 28.4 Å². The number of carbonyl (C=O) groups is 1. The van der Waals surface area contributed by atoms with Crippen molar-refractivity contribution in [2.75, 3.05) is 25.6 Å². The third-order valence-electron chi connectivity index (χ3n) is 6.38. The van der Waals surface area contributed by atoms with Crippen LogP contribution in [0.5, 0.6) is 6.01 Å². The number of hydrogen-bond donors (Lipinski definition) is 2. The molecule has 0 radical (unpaired) electrons. The van der Waals surface area contributed by atoms with Crippen molar-refractivity contribution < 1.29 is 24.5 Å². The summed E-state index contributed by atoms with van der Waals surface area (Å²) in [6.45, 7) is 1.49. The number of anilines is 2. The van der Waals surface area contributed by atoms with Crippen molar-refractivity contribution in [3.8, 4) is 6.01 Å². The van der Waals surface area contributed by atoms with Gasteiger partial charge >= 0.3 is 12.1 Å². The van der Waals surface area contributed by atoms with E-state index in [4.69, 9.17) is 9.47 Å². The summed E-state index contributed by atoms with van der Waals surface area (Å²) in [5.41, 5.74) is 1.87. The van der Waals surface area contributed by atoms with Gasteiger partial charge in [-0.25, -0.2) is 19.7 Å². The number of carbonyl (C=O) groups excluding carboxylic acids is 1. The van der Waals surface area contributed by atoms with Gasteiger partial charge in [-0.3, -0.25) is 4.57 Å². The first-order valence-electron chi connectivity index (χ1n) is 12.4. The maximum atomic E-state index is 13.6. The van der Waals surface area contributed by atoms with E-state index in [1.807, 2.05) is 62.3 Å². The second-order valence-corrected chi connectivity index (χ2v) is 9.20. The molecule has 1 saturated heterocycles. The van der Waals surface area contributed by atoms with Crippen molar-refractivity contribution >= 4 is 40.3 Å². The average Bonchev–Trinajstić information content (AvgIpc) is 3.53. The molecule has 0 aliphatic carbocycles. The molecule has 0 saturated carbocycles. The van der Waals surface area contributed by atoms with Crippen LogP contribution < -0.4 is 9.64 Å². The molecule has 4 aromatic rings. The first-order valence-corrected chi connectivity index (χ1v) is 12.4. The van der Waals surface area contributed by atoms with Gasteiger partial charge < -0.3 is 24.6 Å². The summed E-state index contributed by atoms with van der Waals surface area (Å²) in [5.74, 6) is 0.848. The number of benzene rings is 2. The molecule has 0 spiro atoms. The van der Waals surface area contributed by atoms with Crippen molar-refractivity contribution in [2.45, 2.75) is 31.8 Å². The predicted octanol–water partition coefficient (Wildman–Crippen LogP) is 3.42. The summed E-state index contributed by atoms with van der Waals surface area (Å²) >= 11 is 0. The summed E-state index contributed by atoms with van der Waals surface area (Å²) in [6, 6.07) is 18.0. The smallest absolute Gasteiger partial charge is 0.394 e. The second kappa shape index (κ2) is 11.2. The quantitative estimate of drug-likeness (QED) is 0.283. The van der Waals surface area contributed by atoms with Crippen LogP contribution in [0.3, 0.4) is 0 Å². The molecule has 0 bridgehead atoms. The normalized spacial score (nSPS) is 19.3. The number of amidine groups is 1. The molecule has 12 nitrogen and oxygen atoms in total. The summed E-state index contributed by atoms with van der Waals surface area (Å²) in [7, 11) is 3.69. The molecule has 3 heterocycles. The van der Waals surface area contributed by atoms with Gasteiger partial charge in [-0.05, 0) is 31.2 Å². The van der Waals surface area contributed by atoms with Gasteiger partial charge in [0.05, 0.1) is 30.4 Å². The summed E-state index contributed by atoms with van der Waals surface area (Å²) in [6.07, 6.45) is -1.21. The molecular formula is C27H29N7O5. The Morgan fingerprint density at radius 1 is 1.10 bits per heavy atom. The Morgan fingerprint density at radius 3 is 2.31 bits per heavy atom. The van der Waals surface area contributed by atoms with Crippen LogP contribution in [0.25, 0.3) is 11.2 Å². The van der Waals surface area contributed by atoms with Crippen LogP contribution in [0.2, 0.25) is 0 Å². The molecule has 2 aromatic carbocycles. The third kappa shape index (κ3) is 5.43. The maximum Gasteiger partial charge on any atom is 0.426 e. The molecule has 12 heteroatoms. The van der Waals surface area contributed by atoms with E-state index in [2.05, 4.69) is 19.9 Å². The number of fused-ring (bicyclic) bond motifs is 1. The van der Waals surface area contributed by atoms with Crippen LogP contribution in [0.1, 0.15) is 19.6 Å². The van der Waals surface area contributed by atoms with E-state index >= 15 is 0 Å². The van der Waals surface area contributed by atoms with E-state index in [-0.39, 0.29) is 24.9 Å². The molecule has 2 aromatic heterocycles. The van der Waals surface area contributed by atoms with Crippen LogP contribution in [0, 0.1) is 0 Å². The number of aromatic nitrogens is 4. The Morgan fingerprint density at radius 2 is 1.74 bits per heavy atom. The molecule has 39 heavy (non-hydrogen) atoms. The Hall–Kier alpha value is -4.39. The van der Waals surface area contributed by atoms with Gasteiger partial charge in [-0.1, -0.05) is 36.4 Å². The zero-order valence-electron chi connectivity index (χ0n) is 21.7. The Labute approximate surface area is 224 Å². The van der Waals surface area contributed by atoms with Gasteiger partial charge in [-0.2, -0.15) is 9.97 Å². The van der Waals surface area contributed by atoms with Gasteiger partial charge in [0.25, 0.3) is 0 Å². The number of imidazole rings is 1. The van der Waals surface area contributed by atoms with Crippen LogP contribution in [0.4, 0.5) is 22.0 Å². The molecule has 3 atom stereocenters. The number of para-hydroxylation sites is 2. The largest absolute Gasteiger partial charge is 0.426 e.